The van der Waals surface area contributed by atoms with Crippen molar-refractivity contribution in [2.24, 2.45) is 23.7 Å². The topological polar surface area (TPSA) is 49.3 Å². The summed E-state index contributed by atoms with van der Waals surface area (Å²) in [6, 6.07) is 0.373. The largest absolute Gasteiger partial charge is 0.387 e. The number of carbonyl (C=O) groups excluding carboxylic acids is 1. The van der Waals surface area contributed by atoms with E-state index in [1.165, 1.54) is 32.1 Å². The number of rotatable bonds is 2. The SMILES string of the molecule is O=C(CO)NC1C2CC3CC(C2)CC1C3. The maximum Gasteiger partial charge on any atom is 0.245 e. The van der Waals surface area contributed by atoms with Gasteiger partial charge in [-0.3, -0.25) is 4.79 Å². The number of aliphatic hydroxyl groups excluding tert-OH is 1. The molecule has 0 unspecified atom stereocenters. The van der Waals surface area contributed by atoms with E-state index in [-0.39, 0.29) is 12.5 Å². The summed E-state index contributed by atoms with van der Waals surface area (Å²) in [7, 11) is 0. The van der Waals surface area contributed by atoms with Gasteiger partial charge in [-0.25, -0.2) is 0 Å². The number of carbonyl (C=O) groups is 1. The third-order valence-corrected chi connectivity index (χ3v) is 4.70. The van der Waals surface area contributed by atoms with Crippen molar-refractivity contribution in [3.8, 4) is 0 Å². The van der Waals surface area contributed by atoms with Crippen molar-refractivity contribution in [2.75, 3.05) is 6.61 Å². The molecule has 0 atom stereocenters. The molecule has 4 bridgehead atoms. The van der Waals surface area contributed by atoms with Gasteiger partial charge in [0.25, 0.3) is 0 Å². The first-order chi connectivity index (χ1) is 7.26. The summed E-state index contributed by atoms with van der Waals surface area (Å²) in [4.78, 5) is 11.2. The normalized spacial score (nSPS) is 46.9. The van der Waals surface area contributed by atoms with Crippen LogP contribution in [0.4, 0.5) is 0 Å². The second-order valence-corrected chi connectivity index (χ2v) is 5.68. The van der Waals surface area contributed by atoms with Crippen molar-refractivity contribution < 1.29 is 9.90 Å². The first-order valence-electron chi connectivity index (χ1n) is 6.16. The Bertz CT molecular complexity index is 249. The molecule has 84 valence electrons. The van der Waals surface area contributed by atoms with Crippen molar-refractivity contribution in [1.82, 2.24) is 5.32 Å². The third-order valence-electron chi connectivity index (χ3n) is 4.70. The highest BCUT2D eigenvalue weighted by Gasteiger charge is 2.48. The van der Waals surface area contributed by atoms with Crippen LogP contribution in [0.2, 0.25) is 0 Å². The molecule has 0 saturated heterocycles. The number of aliphatic hydroxyl groups is 1. The standard InChI is InChI=1S/C12H19NO2/c14-6-11(15)13-12-9-2-7-1-8(4-9)5-10(12)3-7/h7-10,12,14H,1-6H2,(H,13,15). The summed E-state index contributed by atoms with van der Waals surface area (Å²) >= 11 is 0. The van der Waals surface area contributed by atoms with E-state index < -0.39 is 0 Å². The lowest BCUT2D eigenvalue weighted by Crippen LogP contribution is -2.56. The zero-order valence-corrected chi connectivity index (χ0v) is 8.98. The fraction of sp³-hybridized carbons (Fsp3) is 0.917. The van der Waals surface area contributed by atoms with Gasteiger partial charge in [0.05, 0.1) is 0 Å². The molecule has 4 aliphatic rings. The molecule has 3 nitrogen and oxygen atoms in total. The highest BCUT2D eigenvalue weighted by atomic mass is 16.3. The average molecular weight is 209 g/mol. The minimum absolute atomic E-state index is 0.188. The van der Waals surface area contributed by atoms with Crippen LogP contribution >= 0.6 is 0 Å². The lowest BCUT2D eigenvalue weighted by Gasteiger charge is -2.54. The molecular weight excluding hydrogens is 190 g/mol. The fourth-order valence-corrected chi connectivity index (χ4v) is 4.39. The third kappa shape index (κ3) is 1.57. The molecule has 0 aromatic rings. The molecule has 1 amide bonds. The molecule has 0 heterocycles. The van der Waals surface area contributed by atoms with Gasteiger partial charge < -0.3 is 10.4 Å². The van der Waals surface area contributed by atoms with Gasteiger partial charge in [0, 0.05) is 6.04 Å². The van der Waals surface area contributed by atoms with Gasteiger partial charge >= 0.3 is 0 Å². The van der Waals surface area contributed by atoms with Crippen LogP contribution in [0.1, 0.15) is 32.1 Å². The summed E-state index contributed by atoms with van der Waals surface area (Å²) in [5, 5.41) is 11.8. The van der Waals surface area contributed by atoms with Crippen molar-refractivity contribution in [3.63, 3.8) is 0 Å². The second kappa shape index (κ2) is 3.48. The van der Waals surface area contributed by atoms with Crippen LogP contribution in [0.3, 0.4) is 0 Å². The molecule has 0 aromatic heterocycles. The molecular formula is C12H19NO2. The first-order valence-corrected chi connectivity index (χ1v) is 6.16. The lowest BCUT2D eigenvalue weighted by molar-refractivity contribution is -0.127. The number of hydrogen-bond acceptors (Lipinski definition) is 2. The van der Waals surface area contributed by atoms with E-state index in [4.69, 9.17) is 5.11 Å². The van der Waals surface area contributed by atoms with Gasteiger partial charge in [0.15, 0.2) is 0 Å². The molecule has 3 heteroatoms. The summed E-state index contributed by atoms with van der Waals surface area (Å²) in [5.41, 5.74) is 0. The molecule has 4 saturated carbocycles. The summed E-state index contributed by atoms with van der Waals surface area (Å²) < 4.78 is 0. The Hall–Kier alpha value is -0.570. The van der Waals surface area contributed by atoms with Crippen LogP contribution in [-0.4, -0.2) is 23.7 Å². The Labute approximate surface area is 90.2 Å². The van der Waals surface area contributed by atoms with E-state index in [1.807, 2.05) is 0 Å². The highest BCUT2D eigenvalue weighted by molar-refractivity contribution is 5.77. The maximum absolute atomic E-state index is 11.2. The van der Waals surface area contributed by atoms with Gasteiger partial charge in [-0.15, -0.1) is 0 Å². The van der Waals surface area contributed by atoms with Gasteiger partial charge in [0.2, 0.25) is 5.91 Å². The molecule has 0 radical (unpaired) electrons. The Balaban J connectivity index is 1.72. The Morgan fingerprint density at radius 3 is 2.07 bits per heavy atom. The van der Waals surface area contributed by atoms with E-state index in [2.05, 4.69) is 5.32 Å². The van der Waals surface area contributed by atoms with Gasteiger partial charge in [0.1, 0.15) is 6.61 Å². The van der Waals surface area contributed by atoms with Crippen LogP contribution in [-0.2, 0) is 4.79 Å². The van der Waals surface area contributed by atoms with Crippen LogP contribution in [0.15, 0.2) is 0 Å². The van der Waals surface area contributed by atoms with Crippen molar-refractivity contribution in [1.29, 1.82) is 0 Å². The predicted octanol–water partition coefficient (Wildman–Crippen LogP) is 0.920. The molecule has 0 aromatic carbocycles. The van der Waals surface area contributed by atoms with Crippen molar-refractivity contribution >= 4 is 5.91 Å². The van der Waals surface area contributed by atoms with Crippen LogP contribution in [0.5, 0.6) is 0 Å². The quantitative estimate of drug-likeness (QED) is 0.710. The maximum atomic E-state index is 11.2. The van der Waals surface area contributed by atoms with Gasteiger partial charge in [-0.2, -0.15) is 0 Å². The second-order valence-electron chi connectivity index (χ2n) is 5.68. The fourth-order valence-electron chi connectivity index (χ4n) is 4.39. The number of hydrogen-bond donors (Lipinski definition) is 2. The lowest BCUT2D eigenvalue weighted by atomic mass is 9.54. The van der Waals surface area contributed by atoms with Crippen molar-refractivity contribution in [3.05, 3.63) is 0 Å². The van der Waals surface area contributed by atoms with E-state index in [0.717, 1.165) is 11.8 Å². The van der Waals surface area contributed by atoms with E-state index in [9.17, 15) is 4.79 Å². The van der Waals surface area contributed by atoms with Crippen LogP contribution in [0.25, 0.3) is 0 Å². The summed E-state index contributed by atoms with van der Waals surface area (Å²) in [6.45, 7) is -0.358. The summed E-state index contributed by atoms with van der Waals surface area (Å²) in [6.07, 6.45) is 6.67. The van der Waals surface area contributed by atoms with E-state index in [1.54, 1.807) is 0 Å². The van der Waals surface area contributed by atoms with Gasteiger partial charge in [-0.1, -0.05) is 0 Å². The summed E-state index contributed by atoms with van der Waals surface area (Å²) in [5.74, 6) is 3.10. The smallest absolute Gasteiger partial charge is 0.245 e. The Morgan fingerprint density at radius 1 is 1.07 bits per heavy atom. The first kappa shape index (κ1) is 9.64. The van der Waals surface area contributed by atoms with Crippen LogP contribution < -0.4 is 5.32 Å². The average Bonchev–Trinajstić information content (AvgIpc) is 2.22. The zero-order chi connectivity index (χ0) is 10.4. The Morgan fingerprint density at radius 2 is 1.60 bits per heavy atom. The minimum Gasteiger partial charge on any atom is -0.387 e. The predicted molar refractivity (Wildman–Crippen MR) is 56.1 cm³/mol. The van der Waals surface area contributed by atoms with E-state index in [0.29, 0.717) is 17.9 Å². The molecule has 15 heavy (non-hydrogen) atoms. The molecule has 4 aliphatic carbocycles. The van der Waals surface area contributed by atoms with Crippen LogP contribution in [0, 0.1) is 23.7 Å². The zero-order valence-electron chi connectivity index (χ0n) is 8.98. The molecule has 2 N–H and O–H groups in total. The molecule has 0 spiro atoms. The van der Waals surface area contributed by atoms with Gasteiger partial charge in [-0.05, 0) is 55.8 Å². The molecule has 4 fully saturated rings. The van der Waals surface area contributed by atoms with Crippen molar-refractivity contribution in [2.45, 2.75) is 38.1 Å². The molecule has 0 aliphatic heterocycles. The Kier molecular flexibility index (Phi) is 2.23. The highest BCUT2D eigenvalue weighted by Crippen LogP contribution is 2.53. The monoisotopic (exact) mass is 209 g/mol. The number of nitrogens with one attached hydrogen (secondary N) is 1. The minimum atomic E-state index is -0.358. The number of amides is 1. The molecule has 4 rings (SSSR count). The van der Waals surface area contributed by atoms with E-state index >= 15 is 0 Å².